The highest BCUT2D eigenvalue weighted by Crippen LogP contribution is 2.12. The number of hydrogen-bond acceptors (Lipinski definition) is 12. The number of carbonyl (C=O) groups excluding carboxylic acids is 7. The highest BCUT2D eigenvalue weighted by molar-refractivity contribution is 7.98. The Morgan fingerprint density at radius 1 is 0.576 bits per heavy atom. The molecule has 0 saturated carbocycles. The summed E-state index contributed by atoms with van der Waals surface area (Å²) in [5.41, 5.74) is 12.8. The maximum absolute atomic E-state index is 13.7. The largest absolute Gasteiger partial charge is 0.508 e. The molecular formula is C39H56N8O10S2. The first-order valence-corrected chi connectivity index (χ1v) is 21.6. The number of aliphatic carboxylic acids is 1. The summed E-state index contributed by atoms with van der Waals surface area (Å²) in [5, 5.41) is 34.4. The number of thioether (sulfide) groups is 2. The molecular weight excluding hydrogens is 805 g/mol. The van der Waals surface area contributed by atoms with Gasteiger partial charge < -0.3 is 53.6 Å². The minimum Gasteiger partial charge on any atom is -0.508 e. The van der Waals surface area contributed by atoms with Gasteiger partial charge in [-0.2, -0.15) is 23.5 Å². The fourth-order valence-corrected chi connectivity index (χ4v) is 6.44. The van der Waals surface area contributed by atoms with Crippen LogP contribution in [0.25, 0.3) is 0 Å². The Labute approximate surface area is 351 Å². The van der Waals surface area contributed by atoms with Crippen LogP contribution < -0.4 is 43.4 Å². The molecule has 7 amide bonds. The number of nitrogens with one attached hydrogen (secondary N) is 6. The molecule has 0 heterocycles. The lowest BCUT2D eigenvalue weighted by atomic mass is 10.1. The van der Waals surface area contributed by atoms with E-state index in [2.05, 4.69) is 31.9 Å². The number of amides is 7. The van der Waals surface area contributed by atoms with E-state index in [1.165, 1.54) is 61.6 Å². The predicted octanol–water partition coefficient (Wildman–Crippen LogP) is -0.690. The van der Waals surface area contributed by atoms with E-state index in [9.17, 15) is 48.6 Å². The number of phenolic OH excluding ortho intramolecular Hbond substituents is 1. The summed E-state index contributed by atoms with van der Waals surface area (Å²) in [6.07, 6.45) is 3.35. The molecule has 18 nitrogen and oxygen atoms in total. The lowest BCUT2D eigenvalue weighted by Gasteiger charge is -2.26. The van der Waals surface area contributed by atoms with Crippen LogP contribution in [0.4, 0.5) is 0 Å². The molecule has 0 aliphatic heterocycles. The van der Waals surface area contributed by atoms with Crippen molar-refractivity contribution >= 4 is 70.8 Å². The van der Waals surface area contributed by atoms with Gasteiger partial charge in [-0.1, -0.05) is 42.5 Å². The molecule has 0 saturated heterocycles. The van der Waals surface area contributed by atoms with E-state index in [0.717, 1.165) is 5.56 Å². The van der Waals surface area contributed by atoms with Crippen LogP contribution in [0.15, 0.2) is 54.6 Å². The molecule has 20 heteroatoms. The summed E-state index contributed by atoms with van der Waals surface area (Å²) >= 11 is 2.77. The van der Waals surface area contributed by atoms with Gasteiger partial charge in [0, 0.05) is 12.8 Å². The second kappa shape index (κ2) is 25.9. The number of phenols is 1. The lowest BCUT2D eigenvalue weighted by molar-refractivity contribution is -0.142. The monoisotopic (exact) mass is 860 g/mol. The van der Waals surface area contributed by atoms with Crippen molar-refractivity contribution in [3.05, 3.63) is 65.7 Å². The molecule has 59 heavy (non-hydrogen) atoms. The number of hydrogen-bond donors (Lipinski definition) is 10. The van der Waals surface area contributed by atoms with Crippen LogP contribution in [-0.2, 0) is 51.2 Å². The summed E-state index contributed by atoms with van der Waals surface area (Å²) in [4.78, 5) is 104. The molecule has 0 radical (unpaired) electrons. The Balaban J connectivity index is 2.15. The fourth-order valence-electron chi connectivity index (χ4n) is 5.50. The standard InChI is InChI=1S/C39H56N8O10S2/c1-22(42-35(52)27(40)20-24-8-6-5-7-9-24)33(50)44-30(17-19-59-4)38(55)45-28(14-15-32(41)49)37(54)46-29(16-18-58-3)36(53)43-23(2)34(51)47-31(39(56)57)21-25-10-12-26(48)13-11-25/h5-13,22-23,27-31,48H,14-21,40H2,1-4H3,(H2,41,49)(H,42,52)(H,43,53)(H,44,50)(H,45,55)(H,46,54)(H,47,51)(H,56,57)/t22-,23-,27-,28-,29-,30-,31-/m0/s1. The smallest absolute Gasteiger partial charge is 0.326 e. The Morgan fingerprint density at radius 3 is 1.47 bits per heavy atom. The Bertz CT molecular complexity index is 1740. The van der Waals surface area contributed by atoms with Gasteiger partial charge in [0.1, 0.15) is 42.0 Å². The summed E-state index contributed by atoms with van der Waals surface area (Å²) < 4.78 is 0. The molecule has 0 aliphatic rings. The SMILES string of the molecule is CSCC[C@H](NC(=O)[C@H](C)NC(=O)[C@@H](N)Cc1ccccc1)C(=O)N[C@@H](CCC(N)=O)C(=O)N[C@@H](CCSC)C(=O)N[C@@H](C)C(=O)N[C@@H](Cc1ccc(O)cc1)C(=O)O. The predicted molar refractivity (Wildman–Crippen MR) is 225 cm³/mol. The summed E-state index contributed by atoms with van der Waals surface area (Å²) in [6, 6.07) is 6.45. The molecule has 12 N–H and O–H groups in total. The van der Waals surface area contributed by atoms with Crippen LogP contribution in [0.2, 0.25) is 0 Å². The molecule has 0 spiro atoms. The van der Waals surface area contributed by atoms with E-state index in [1.54, 1.807) is 12.5 Å². The third kappa shape index (κ3) is 18.4. The van der Waals surface area contributed by atoms with Crippen LogP contribution in [0, 0.1) is 0 Å². The van der Waals surface area contributed by atoms with Crippen molar-refractivity contribution < 1.29 is 48.6 Å². The van der Waals surface area contributed by atoms with Gasteiger partial charge in [-0.05, 0) is 86.8 Å². The van der Waals surface area contributed by atoms with Gasteiger partial charge in [0.05, 0.1) is 6.04 Å². The van der Waals surface area contributed by atoms with Crippen LogP contribution in [0.3, 0.4) is 0 Å². The molecule has 7 atom stereocenters. The normalized spacial score (nSPS) is 14.5. The van der Waals surface area contributed by atoms with Gasteiger partial charge in [0.15, 0.2) is 0 Å². The first-order valence-electron chi connectivity index (χ1n) is 18.8. The Hall–Kier alpha value is -5.34. The minimum atomic E-state index is -1.39. The van der Waals surface area contributed by atoms with Crippen LogP contribution in [0.5, 0.6) is 5.75 Å². The van der Waals surface area contributed by atoms with Crippen molar-refractivity contribution in [1.29, 1.82) is 0 Å². The lowest BCUT2D eigenvalue weighted by Crippen LogP contribution is -2.59. The van der Waals surface area contributed by atoms with Crippen molar-refractivity contribution in [1.82, 2.24) is 31.9 Å². The zero-order valence-electron chi connectivity index (χ0n) is 33.5. The number of carboxylic acid groups (broad SMARTS) is 1. The van der Waals surface area contributed by atoms with Gasteiger partial charge in [-0.15, -0.1) is 0 Å². The molecule has 0 unspecified atom stereocenters. The van der Waals surface area contributed by atoms with Gasteiger partial charge in [-0.3, -0.25) is 33.6 Å². The van der Waals surface area contributed by atoms with Crippen molar-refractivity contribution in [2.45, 2.75) is 94.7 Å². The summed E-state index contributed by atoms with van der Waals surface area (Å²) in [5.74, 6) is -5.76. The van der Waals surface area contributed by atoms with Crippen LogP contribution in [-0.4, -0.2) is 124 Å². The average molecular weight is 861 g/mol. The molecule has 0 aromatic heterocycles. The number of nitrogens with two attached hydrogens (primary N) is 2. The quantitative estimate of drug-likeness (QED) is 0.0561. The molecule has 324 valence electrons. The molecule has 0 aliphatic carbocycles. The topological polar surface area (TPSA) is 301 Å². The van der Waals surface area contributed by atoms with E-state index in [4.69, 9.17) is 11.5 Å². The molecule has 0 fully saturated rings. The zero-order valence-corrected chi connectivity index (χ0v) is 35.2. The van der Waals surface area contributed by atoms with E-state index < -0.39 is 89.6 Å². The van der Waals surface area contributed by atoms with Crippen molar-refractivity contribution in [3.8, 4) is 5.75 Å². The zero-order chi connectivity index (χ0) is 44.1. The Morgan fingerprint density at radius 2 is 1.00 bits per heavy atom. The van der Waals surface area contributed by atoms with E-state index in [0.29, 0.717) is 17.1 Å². The number of carboxylic acids is 1. The highest BCUT2D eigenvalue weighted by Gasteiger charge is 2.32. The van der Waals surface area contributed by atoms with Crippen molar-refractivity contribution in [3.63, 3.8) is 0 Å². The summed E-state index contributed by atoms with van der Waals surface area (Å²) in [7, 11) is 0. The average Bonchev–Trinajstić information content (AvgIpc) is 3.19. The maximum atomic E-state index is 13.7. The molecule has 2 aromatic carbocycles. The van der Waals surface area contributed by atoms with Crippen LogP contribution in [0.1, 0.15) is 50.7 Å². The number of carbonyl (C=O) groups is 8. The molecule has 2 rings (SSSR count). The summed E-state index contributed by atoms with van der Waals surface area (Å²) in [6.45, 7) is 2.77. The van der Waals surface area contributed by atoms with Gasteiger partial charge in [0.2, 0.25) is 41.4 Å². The second-order valence-corrected chi connectivity index (χ2v) is 15.7. The molecule has 2 aromatic rings. The van der Waals surface area contributed by atoms with Gasteiger partial charge in [0.25, 0.3) is 0 Å². The minimum absolute atomic E-state index is 0.0143. The number of benzene rings is 2. The number of rotatable bonds is 26. The number of primary amides is 1. The Kier molecular flexibility index (Phi) is 21.9. The second-order valence-electron chi connectivity index (χ2n) is 13.8. The van der Waals surface area contributed by atoms with Crippen molar-refractivity contribution in [2.24, 2.45) is 11.5 Å². The number of aromatic hydroxyl groups is 1. The third-order valence-corrected chi connectivity index (χ3v) is 10.2. The van der Waals surface area contributed by atoms with Crippen molar-refractivity contribution in [2.75, 3.05) is 24.0 Å². The van der Waals surface area contributed by atoms with E-state index >= 15 is 0 Å². The first-order chi connectivity index (χ1) is 27.9. The molecule has 0 bridgehead atoms. The van der Waals surface area contributed by atoms with Gasteiger partial charge in [-0.25, -0.2) is 4.79 Å². The third-order valence-electron chi connectivity index (χ3n) is 8.93. The van der Waals surface area contributed by atoms with Gasteiger partial charge >= 0.3 is 5.97 Å². The van der Waals surface area contributed by atoms with E-state index in [-0.39, 0.29) is 44.3 Å². The first kappa shape index (κ1) is 49.8. The van der Waals surface area contributed by atoms with E-state index in [1.807, 2.05) is 30.3 Å². The highest BCUT2D eigenvalue weighted by atomic mass is 32.2. The van der Waals surface area contributed by atoms with Crippen LogP contribution >= 0.6 is 23.5 Å². The fraction of sp³-hybridized carbons (Fsp3) is 0.487. The maximum Gasteiger partial charge on any atom is 0.326 e.